The Morgan fingerprint density at radius 3 is 2.60 bits per heavy atom. The van der Waals surface area contributed by atoms with Gasteiger partial charge in [0.1, 0.15) is 0 Å². The molecule has 4 heteroatoms. The Morgan fingerprint density at radius 2 is 2.30 bits per heavy atom. The van der Waals surface area contributed by atoms with Crippen molar-refractivity contribution in [1.29, 1.82) is 0 Å². The fourth-order valence-corrected chi connectivity index (χ4v) is 0.557. The van der Waals surface area contributed by atoms with E-state index in [1.54, 1.807) is 6.92 Å². The molecule has 3 N–H and O–H groups in total. The number of amides is 1. The van der Waals surface area contributed by atoms with E-state index in [4.69, 9.17) is 10.9 Å². The lowest BCUT2D eigenvalue weighted by Crippen LogP contribution is -2.40. The van der Waals surface area contributed by atoms with Crippen molar-refractivity contribution in [2.45, 2.75) is 26.3 Å². The lowest BCUT2D eigenvalue weighted by molar-refractivity contribution is -0.166. The first-order valence-corrected chi connectivity index (χ1v) is 3.35. The van der Waals surface area contributed by atoms with Gasteiger partial charge in [-0.15, -0.1) is 0 Å². The summed E-state index contributed by atoms with van der Waals surface area (Å²) in [5.41, 5.74) is 5.22. The van der Waals surface area contributed by atoms with E-state index < -0.39 is 11.9 Å². The van der Waals surface area contributed by atoms with Crippen LogP contribution in [0.2, 0.25) is 0 Å². The Kier molecular flexibility index (Phi) is 3.99. The minimum absolute atomic E-state index is 0.348. The third-order valence-corrected chi connectivity index (χ3v) is 1.08. The first-order chi connectivity index (χ1) is 4.59. The number of carbonyl (C=O) groups excluding carboxylic acids is 1. The topological polar surface area (TPSA) is 66.6 Å². The highest BCUT2D eigenvalue weighted by molar-refractivity contribution is 5.79. The predicted octanol–water partition coefficient (Wildman–Crippen LogP) is -0.0386. The second-order valence-corrected chi connectivity index (χ2v) is 2.25. The lowest BCUT2D eigenvalue weighted by atomic mass is 10.3. The summed E-state index contributed by atoms with van der Waals surface area (Å²) < 4.78 is 0. The molecule has 1 amide bonds. The van der Waals surface area contributed by atoms with Gasteiger partial charge < -0.3 is 5.73 Å². The molecular weight excluding hydrogens is 132 g/mol. The fraction of sp³-hybridized carbons (Fsp3) is 0.833. The van der Waals surface area contributed by atoms with E-state index in [1.165, 1.54) is 0 Å². The average Bonchev–Trinajstić information content (AvgIpc) is 1.87. The summed E-state index contributed by atoms with van der Waals surface area (Å²) in [4.78, 5) is 10.8. The monoisotopic (exact) mass is 146 g/mol. The third kappa shape index (κ3) is 2.80. The molecular formula is C6H14N2O2. The number of hydrogen-bond donors (Lipinski definition) is 2. The number of nitrogens with zero attached hydrogens (tertiary/aromatic N) is 1. The van der Waals surface area contributed by atoms with Gasteiger partial charge in [0, 0.05) is 6.54 Å². The van der Waals surface area contributed by atoms with Gasteiger partial charge in [-0.1, -0.05) is 6.92 Å². The summed E-state index contributed by atoms with van der Waals surface area (Å²) in [6, 6.07) is -0.614. The van der Waals surface area contributed by atoms with Crippen LogP contribution in [0.1, 0.15) is 20.3 Å². The van der Waals surface area contributed by atoms with Crippen molar-refractivity contribution in [2.24, 2.45) is 5.73 Å². The maximum atomic E-state index is 10.8. The van der Waals surface area contributed by atoms with Gasteiger partial charge in [-0.05, 0) is 13.3 Å². The van der Waals surface area contributed by atoms with E-state index in [9.17, 15) is 4.79 Å². The molecule has 4 nitrogen and oxygen atoms in total. The van der Waals surface area contributed by atoms with Gasteiger partial charge in [0.25, 0.3) is 5.91 Å². The summed E-state index contributed by atoms with van der Waals surface area (Å²) >= 11 is 0. The highest BCUT2D eigenvalue weighted by Crippen LogP contribution is 1.89. The molecule has 60 valence electrons. The lowest BCUT2D eigenvalue weighted by Gasteiger charge is -2.15. The van der Waals surface area contributed by atoms with E-state index in [0.29, 0.717) is 11.6 Å². The van der Waals surface area contributed by atoms with Crippen molar-refractivity contribution in [3.63, 3.8) is 0 Å². The first-order valence-electron chi connectivity index (χ1n) is 3.35. The Balaban J connectivity index is 3.71. The van der Waals surface area contributed by atoms with Crippen LogP contribution < -0.4 is 5.73 Å². The molecule has 0 aliphatic carbocycles. The van der Waals surface area contributed by atoms with Gasteiger partial charge in [0.05, 0.1) is 6.04 Å². The van der Waals surface area contributed by atoms with Gasteiger partial charge in [0.15, 0.2) is 0 Å². The summed E-state index contributed by atoms with van der Waals surface area (Å²) in [5, 5.41) is 9.55. The minimum atomic E-state index is -0.614. The quantitative estimate of drug-likeness (QED) is 0.433. The van der Waals surface area contributed by atoms with Gasteiger partial charge >= 0.3 is 0 Å². The second kappa shape index (κ2) is 4.24. The number of hydroxylamine groups is 2. The van der Waals surface area contributed by atoms with Gasteiger partial charge in [0.2, 0.25) is 0 Å². The zero-order valence-corrected chi connectivity index (χ0v) is 6.37. The van der Waals surface area contributed by atoms with Crippen LogP contribution in [0.25, 0.3) is 0 Å². The Hall–Kier alpha value is -0.610. The van der Waals surface area contributed by atoms with Crippen molar-refractivity contribution in [1.82, 2.24) is 5.06 Å². The standard InChI is InChI=1S/C6H14N2O2/c1-3-4-8(10)6(9)5(2)7/h5,10H,3-4,7H2,1-2H3/t5-/m0/s1. The average molecular weight is 146 g/mol. The molecule has 0 saturated carbocycles. The minimum Gasteiger partial charge on any atom is -0.320 e. The molecule has 0 aliphatic heterocycles. The molecule has 0 unspecified atom stereocenters. The Labute approximate surface area is 60.6 Å². The summed E-state index contributed by atoms with van der Waals surface area (Å²) in [6.45, 7) is 3.76. The van der Waals surface area contributed by atoms with E-state index >= 15 is 0 Å². The van der Waals surface area contributed by atoms with Crippen molar-refractivity contribution < 1.29 is 10.0 Å². The van der Waals surface area contributed by atoms with Gasteiger partial charge in [-0.3, -0.25) is 10.0 Å². The van der Waals surface area contributed by atoms with E-state index in [1.807, 2.05) is 6.92 Å². The molecule has 0 radical (unpaired) electrons. The predicted molar refractivity (Wildman–Crippen MR) is 37.4 cm³/mol. The SMILES string of the molecule is CCCN(O)C(=O)[C@H](C)N. The fourth-order valence-electron chi connectivity index (χ4n) is 0.557. The molecule has 0 aromatic heterocycles. The van der Waals surface area contributed by atoms with Crippen LogP contribution in [-0.2, 0) is 4.79 Å². The van der Waals surface area contributed by atoms with Crippen molar-refractivity contribution in [2.75, 3.05) is 6.54 Å². The molecule has 0 spiro atoms. The molecule has 0 aliphatic rings. The first kappa shape index (κ1) is 9.39. The van der Waals surface area contributed by atoms with Crippen LogP contribution in [-0.4, -0.2) is 28.8 Å². The summed E-state index contributed by atoms with van der Waals surface area (Å²) in [7, 11) is 0. The highest BCUT2D eigenvalue weighted by atomic mass is 16.5. The molecule has 0 fully saturated rings. The van der Waals surface area contributed by atoms with E-state index in [0.717, 1.165) is 6.42 Å². The summed E-state index contributed by atoms with van der Waals surface area (Å²) in [6.07, 6.45) is 0.731. The van der Waals surface area contributed by atoms with Crippen molar-refractivity contribution in [3.8, 4) is 0 Å². The second-order valence-electron chi connectivity index (χ2n) is 2.25. The molecule has 0 aromatic carbocycles. The Bertz CT molecular complexity index is 114. The van der Waals surface area contributed by atoms with Crippen LogP contribution in [0.5, 0.6) is 0 Å². The zero-order valence-electron chi connectivity index (χ0n) is 6.37. The van der Waals surface area contributed by atoms with Crippen molar-refractivity contribution in [3.05, 3.63) is 0 Å². The maximum absolute atomic E-state index is 10.8. The van der Waals surface area contributed by atoms with Gasteiger partial charge in [-0.25, -0.2) is 5.06 Å². The molecule has 0 aromatic rings. The van der Waals surface area contributed by atoms with E-state index in [2.05, 4.69) is 0 Å². The molecule has 0 rings (SSSR count). The van der Waals surface area contributed by atoms with Crippen LogP contribution in [0.3, 0.4) is 0 Å². The third-order valence-electron chi connectivity index (χ3n) is 1.08. The molecule has 1 atom stereocenters. The largest absolute Gasteiger partial charge is 0.320 e. The highest BCUT2D eigenvalue weighted by Gasteiger charge is 2.13. The van der Waals surface area contributed by atoms with Crippen LogP contribution >= 0.6 is 0 Å². The van der Waals surface area contributed by atoms with Crippen LogP contribution in [0, 0.1) is 0 Å². The smallest absolute Gasteiger partial charge is 0.262 e. The maximum Gasteiger partial charge on any atom is 0.262 e. The number of hydrogen-bond acceptors (Lipinski definition) is 3. The van der Waals surface area contributed by atoms with Gasteiger partial charge in [-0.2, -0.15) is 0 Å². The number of rotatable bonds is 3. The molecule has 0 heterocycles. The van der Waals surface area contributed by atoms with Crippen LogP contribution in [0.15, 0.2) is 0 Å². The molecule has 0 bridgehead atoms. The van der Waals surface area contributed by atoms with Crippen molar-refractivity contribution >= 4 is 5.91 Å². The molecule has 0 saturated heterocycles. The molecule has 10 heavy (non-hydrogen) atoms. The summed E-state index contributed by atoms with van der Waals surface area (Å²) in [5.74, 6) is -0.429. The van der Waals surface area contributed by atoms with Crippen LogP contribution in [0.4, 0.5) is 0 Å². The normalized spacial score (nSPS) is 12.8. The van der Waals surface area contributed by atoms with E-state index in [-0.39, 0.29) is 0 Å². The number of nitrogens with two attached hydrogens (primary N) is 1. The Morgan fingerprint density at radius 1 is 1.80 bits per heavy atom. The zero-order chi connectivity index (χ0) is 8.15. The number of carbonyl (C=O) groups is 1.